The summed E-state index contributed by atoms with van der Waals surface area (Å²) >= 11 is 0. The molecule has 0 unspecified atom stereocenters. The van der Waals surface area contributed by atoms with Crippen molar-refractivity contribution in [1.29, 1.82) is 0 Å². The molecule has 0 radical (unpaired) electrons. The van der Waals surface area contributed by atoms with Gasteiger partial charge in [-0.2, -0.15) is 0 Å². The molecule has 0 spiro atoms. The number of ether oxygens (including phenoxy) is 3. The molecule has 0 bridgehead atoms. The Hall–Kier alpha value is -0.650. The number of carbonyl (C=O) groups excluding carboxylic acids is 1. The highest BCUT2D eigenvalue weighted by atomic mass is 16.7. The zero-order valence-corrected chi connectivity index (χ0v) is 13.1. The van der Waals surface area contributed by atoms with E-state index in [2.05, 4.69) is 4.90 Å². The molecule has 20 heavy (non-hydrogen) atoms. The molecule has 0 aromatic heterocycles. The summed E-state index contributed by atoms with van der Waals surface area (Å²) in [6.07, 6.45) is 2.57. The predicted octanol–water partition coefficient (Wildman–Crippen LogP) is 2.05. The average Bonchev–Trinajstić information content (AvgIpc) is 2.46. The quantitative estimate of drug-likeness (QED) is 0.480. The van der Waals surface area contributed by atoms with Crippen molar-refractivity contribution in [3.8, 4) is 0 Å². The van der Waals surface area contributed by atoms with Gasteiger partial charge in [0.2, 0.25) is 0 Å². The highest BCUT2D eigenvalue weighted by Crippen LogP contribution is 2.19. The predicted molar refractivity (Wildman–Crippen MR) is 77.5 cm³/mol. The van der Waals surface area contributed by atoms with Crippen LogP contribution in [0, 0.1) is 5.92 Å². The number of piperidine rings is 1. The normalized spacial score (nSPS) is 17.6. The van der Waals surface area contributed by atoms with E-state index in [1.165, 1.54) is 0 Å². The van der Waals surface area contributed by atoms with E-state index in [9.17, 15) is 4.79 Å². The van der Waals surface area contributed by atoms with Gasteiger partial charge in [-0.15, -0.1) is 0 Å². The topological polar surface area (TPSA) is 48.0 Å². The van der Waals surface area contributed by atoms with Crippen LogP contribution >= 0.6 is 0 Å². The third kappa shape index (κ3) is 6.20. The molecule has 0 atom stereocenters. The Bertz CT molecular complexity index is 259. The van der Waals surface area contributed by atoms with Gasteiger partial charge in [-0.3, -0.25) is 4.79 Å². The second-order valence-corrected chi connectivity index (χ2v) is 5.00. The minimum Gasteiger partial charge on any atom is -0.466 e. The van der Waals surface area contributed by atoms with Crippen molar-refractivity contribution >= 4 is 5.97 Å². The second kappa shape index (κ2) is 10.1. The number of hydrogen-bond donors (Lipinski definition) is 0. The SMILES string of the molecule is CCOC(=O)C1CCN(CCC(OCC)OCC)CC1. The number of likely N-dealkylation sites (tertiary alicyclic amines) is 1. The van der Waals surface area contributed by atoms with E-state index in [0.29, 0.717) is 19.8 Å². The van der Waals surface area contributed by atoms with Gasteiger partial charge in [-0.1, -0.05) is 0 Å². The summed E-state index contributed by atoms with van der Waals surface area (Å²) in [5, 5.41) is 0. The Labute approximate surface area is 122 Å². The van der Waals surface area contributed by atoms with E-state index >= 15 is 0 Å². The van der Waals surface area contributed by atoms with Gasteiger partial charge in [0.15, 0.2) is 6.29 Å². The van der Waals surface area contributed by atoms with Gasteiger partial charge in [0.1, 0.15) is 0 Å². The first-order valence-electron chi connectivity index (χ1n) is 7.83. The average molecular weight is 287 g/mol. The molecule has 1 aliphatic heterocycles. The molecular formula is C15H29NO4. The molecule has 1 aliphatic rings. The molecule has 1 heterocycles. The van der Waals surface area contributed by atoms with Gasteiger partial charge in [0.05, 0.1) is 12.5 Å². The first kappa shape index (κ1) is 17.4. The van der Waals surface area contributed by atoms with Crippen LogP contribution in [0.5, 0.6) is 0 Å². The summed E-state index contributed by atoms with van der Waals surface area (Å²) in [6, 6.07) is 0. The van der Waals surface area contributed by atoms with Crippen molar-refractivity contribution in [1.82, 2.24) is 4.90 Å². The van der Waals surface area contributed by atoms with E-state index in [0.717, 1.165) is 38.9 Å². The van der Waals surface area contributed by atoms with Crippen LogP contribution in [0.3, 0.4) is 0 Å². The fraction of sp³-hybridized carbons (Fsp3) is 0.933. The summed E-state index contributed by atoms with van der Waals surface area (Å²) in [6.45, 7) is 10.5. The minimum absolute atomic E-state index is 0.0336. The molecule has 0 aromatic carbocycles. The van der Waals surface area contributed by atoms with Crippen LogP contribution in [0.2, 0.25) is 0 Å². The third-order valence-electron chi connectivity index (χ3n) is 3.59. The van der Waals surface area contributed by atoms with Crippen molar-refractivity contribution in [3.63, 3.8) is 0 Å². The standard InChI is InChI=1S/C15H29NO4/c1-4-18-14(19-5-2)9-12-16-10-7-13(8-11-16)15(17)20-6-3/h13-14H,4-12H2,1-3H3. The maximum atomic E-state index is 11.7. The summed E-state index contributed by atoms with van der Waals surface area (Å²) < 4.78 is 16.2. The molecular weight excluding hydrogens is 258 g/mol. The lowest BCUT2D eigenvalue weighted by atomic mass is 9.97. The van der Waals surface area contributed by atoms with Crippen molar-refractivity contribution in [2.24, 2.45) is 5.92 Å². The monoisotopic (exact) mass is 287 g/mol. The summed E-state index contributed by atoms with van der Waals surface area (Å²) in [5.41, 5.74) is 0. The Balaban J connectivity index is 2.22. The Morgan fingerprint density at radius 3 is 2.20 bits per heavy atom. The van der Waals surface area contributed by atoms with Crippen LogP contribution in [0.15, 0.2) is 0 Å². The molecule has 0 amide bonds. The van der Waals surface area contributed by atoms with Gasteiger partial charge in [-0.05, 0) is 46.7 Å². The van der Waals surface area contributed by atoms with Crippen LogP contribution in [0.1, 0.15) is 40.0 Å². The molecule has 118 valence electrons. The number of hydrogen-bond acceptors (Lipinski definition) is 5. The first-order valence-corrected chi connectivity index (χ1v) is 7.83. The first-order chi connectivity index (χ1) is 9.71. The Morgan fingerprint density at radius 2 is 1.70 bits per heavy atom. The van der Waals surface area contributed by atoms with E-state index in [1.54, 1.807) is 0 Å². The number of carbonyl (C=O) groups is 1. The molecule has 5 nitrogen and oxygen atoms in total. The minimum atomic E-state index is -0.104. The maximum Gasteiger partial charge on any atom is 0.309 e. The van der Waals surface area contributed by atoms with Crippen LogP contribution in [0.25, 0.3) is 0 Å². The lowest BCUT2D eigenvalue weighted by molar-refractivity contribution is -0.151. The van der Waals surface area contributed by atoms with E-state index in [4.69, 9.17) is 14.2 Å². The van der Waals surface area contributed by atoms with Gasteiger partial charge in [-0.25, -0.2) is 0 Å². The van der Waals surface area contributed by atoms with Crippen LogP contribution in [0.4, 0.5) is 0 Å². The molecule has 1 fully saturated rings. The van der Waals surface area contributed by atoms with E-state index < -0.39 is 0 Å². The summed E-state index contributed by atoms with van der Waals surface area (Å²) in [7, 11) is 0. The second-order valence-electron chi connectivity index (χ2n) is 5.00. The number of esters is 1. The molecule has 1 saturated heterocycles. The van der Waals surface area contributed by atoms with Crippen LogP contribution < -0.4 is 0 Å². The van der Waals surface area contributed by atoms with E-state index in [-0.39, 0.29) is 18.2 Å². The highest BCUT2D eigenvalue weighted by Gasteiger charge is 2.26. The lowest BCUT2D eigenvalue weighted by Gasteiger charge is -2.31. The summed E-state index contributed by atoms with van der Waals surface area (Å²) in [5.74, 6) is 0.0504. The summed E-state index contributed by atoms with van der Waals surface area (Å²) in [4.78, 5) is 14.0. The van der Waals surface area contributed by atoms with Crippen molar-refractivity contribution in [2.45, 2.75) is 46.3 Å². The maximum absolute atomic E-state index is 11.7. The van der Waals surface area contributed by atoms with Gasteiger partial charge in [0.25, 0.3) is 0 Å². The third-order valence-corrected chi connectivity index (χ3v) is 3.59. The molecule has 0 N–H and O–H groups in total. The van der Waals surface area contributed by atoms with Gasteiger partial charge < -0.3 is 19.1 Å². The molecule has 0 aliphatic carbocycles. The fourth-order valence-corrected chi connectivity index (χ4v) is 2.53. The fourth-order valence-electron chi connectivity index (χ4n) is 2.53. The molecule has 1 rings (SSSR count). The highest BCUT2D eigenvalue weighted by molar-refractivity contribution is 5.72. The van der Waals surface area contributed by atoms with Crippen LogP contribution in [-0.2, 0) is 19.0 Å². The Morgan fingerprint density at radius 1 is 1.10 bits per heavy atom. The molecule has 0 saturated carbocycles. The Kier molecular flexibility index (Phi) is 8.82. The lowest BCUT2D eigenvalue weighted by Crippen LogP contribution is -2.38. The van der Waals surface area contributed by atoms with Crippen LogP contribution in [-0.4, -0.2) is 56.6 Å². The van der Waals surface area contributed by atoms with Crippen molar-refractivity contribution in [3.05, 3.63) is 0 Å². The molecule has 5 heteroatoms. The van der Waals surface area contributed by atoms with Gasteiger partial charge in [0, 0.05) is 26.2 Å². The van der Waals surface area contributed by atoms with Crippen molar-refractivity contribution < 1.29 is 19.0 Å². The van der Waals surface area contributed by atoms with Crippen molar-refractivity contribution in [2.75, 3.05) is 39.5 Å². The smallest absolute Gasteiger partial charge is 0.309 e. The zero-order chi connectivity index (χ0) is 14.8. The number of rotatable bonds is 9. The zero-order valence-electron chi connectivity index (χ0n) is 13.1. The van der Waals surface area contributed by atoms with E-state index in [1.807, 2.05) is 20.8 Å². The largest absolute Gasteiger partial charge is 0.466 e. The number of nitrogens with zero attached hydrogens (tertiary/aromatic N) is 1. The van der Waals surface area contributed by atoms with Gasteiger partial charge >= 0.3 is 5.97 Å². The molecule has 0 aromatic rings.